The smallest absolute Gasteiger partial charge is 0.332 e. The van der Waals surface area contributed by atoms with Gasteiger partial charge in [-0.15, -0.1) is 0 Å². The Bertz CT molecular complexity index is 964. The van der Waals surface area contributed by atoms with Gasteiger partial charge in [-0.05, 0) is 12.1 Å². The summed E-state index contributed by atoms with van der Waals surface area (Å²) in [5.41, 5.74) is 0.569. The number of para-hydroxylation sites is 2. The maximum absolute atomic E-state index is 12.5. The van der Waals surface area contributed by atoms with E-state index in [0.29, 0.717) is 17.8 Å². The molecule has 0 unspecified atom stereocenters. The number of fused-ring (bicyclic) bond motifs is 1. The fourth-order valence-corrected chi connectivity index (χ4v) is 2.43. The molecule has 0 aliphatic rings. The molecule has 0 spiro atoms. The van der Waals surface area contributed by atoms with Crippen molar-refractivity contribution < 1.29 is 14.6 Å². The molecule has 25 heavy (non-hydrogen) atoms. The molecule has 0 aliphatic heterocycles. The third-order valence-electron chi connectivity index (χ3n) is 3.45. The number of nitrogens with zero attached hydrogens (tertiary/aromatic N) is 3. The fraction of sp³-hybridized carbons (Fsp3) is 0.200. The lowest BCUT2D eigenvalue weighted by Gasteiger charge is -2.10. The number of carbonyl (C=O) groups excluding carboxylic acids is 1. The van der Waals surface area contributed by atoms with Crippen LogP contribution in [0.15, 0.2) is 29.1 Å². The Labute approximate surface area is 141 Å². The SMILES string of the molecule is COc1ccccc1-n1c(=O)[nH]c2c(NC=O)nc(NCCO)nc21. The zero-order chi connectivity index (χ0) is 17.8. The second-order valence-electron chi connectivity index (χ2n) is 4.94. The van der Waals surface area contributed by atoms with E-state index in [9.17, 15) is 9.59 Å². The monoisotopic (exact) mass is 344 g/mol. The normalized spacial score (nSPS) is 10.6. The summed E-state index contributed by atoms with van der Waals surface area (Å²) in [6.07, 6.45) is 0.455. The van der Waals surface area contributed by atoms with Gasteiger partial charge < -0.3 is 25.5 Å². The van der Waals surface area contributed by atoms with E-state index in [1.165, 1.54) is 11.7 Å². The molecule has 0 bridgehead atoms. The van der Waals surface area contributed by atoms with Crippen LogP contribution in [0.5, 0.6) is 5.75 Å². The van der Waals surface area contributed by atoms with E-state index in [4.69, 9.17) is 9.84 Å². The zero-order valence-corrected chi connectivity index (χ0v) is 13.3. The number of aromatic nitrogens is 4. The number of benzene rings is 1. The van der Waals surface area contributed by atoms with Crippen molar-refractivity contribution >= 4 is 29.3 Å². The quantitative estimate of drug-likeness (QED) is 0.446. The van der Waals surface area contributed by atoms with Crippen molar-refractivity contribution in [1.29, 1.82) is 0 Å². The maximum Gasteiger partial charge on any atom is 0.332 e. The Morgan fingerprint density at radius 1 is 1.36 bits per heavy atom. The predicted molar refractivity (Wildman–Crippen MR) is 91.3 cm³/mol. The average molecular weight is 344 g/mol. The standard InChI is InChI=1S/C15H16N6O4/c1-25-10-5-3-2-4-9(10)21-13-11(18-15(21)24)12(17-8-23)19-14(20-13)16-6-7-22/h2-5,8,22H,6-7H2,1H3,(H,18,24)(H2,16,17,19,20,23). The molecule has 0 saturated carbocycles. The molecule has 10 heteroatoms. The molecule has 4 N–H and O–H groups in total. The van der Waals surface area contributed by atoms with Crippen LogP contribution in [0, 0.1) is 0 Å². The van der Waals surface area contributed by atoms with E-state index in [1.807, 2.05) is 0 Å². The average Bonchev–Trinajstić information content (AvgIpc) is 2.96. The van der Waals surface area contributed by atoms with Crippen LogP contribution in [0.25, 0.3) is 16.9 Å². The van der Waals surface area contributed by atoms with Gasteiger partial charge in [0, 0.05) is 6.54 Å². The molecule has 3 aromatic rings. The lowest BCUT2D eigenvalue weighted by molar-refractivity contribution is -0.105. The number of hydrogen-bond acceptors (Lipinski definition) is 7. The topological polar surface area (TPSA) is 134 Å². The van der Waals surface area contributed by atoms with E-state index in [-0.39, 0.29) is 36.1 Å². The Morgan fingerprint density at radius 2 is 2.16 bits per heavy atom. The highest BCUT2D eigenvalue weighted by Crippen LogP contribution is 2.26. The van der Waals surface area contributed by atoms with Crippen LogP contribution in [0.3, 0.4) is 0 Å². The molecule has 1 amide bonds. The van der Waals surface area contributed by atoms with Crippen molar-refractivity contribution in [3.05, 3.63) is 34.7 Å². The number of hydrogen-bond donors (Lipinski definition) is 4. The van der Waals surface area contributed by atoms with Crippen LogP contribution >= 0.6 is 0 Å². The van der Waals surface area contributed by atoms with Gasteiger partial charge in [-0.25, -0.2) is 9.36 Å². The fourth-order valence-electron chi connectivity index (χ4n) is 2.43. The van der Waals surface area contributed by atoms with Crippen molar-refractivity contribution in [3.63, 3.8) is 0 Å². The second kappa shape index (κ2) is 7.01. The second-order valence-corrected chi connectivity index (χ2v) is 4.94. The van der Waals surface area contributed by atoms with Crippen molar-refractivity contribution in [2.75, 3.05) is 30.9 Å². The third kappa shape index (κ3) is 3.02. The van der Waals surface area contributed by atoms with Crippen LogP contribution in [-0.2, 0) is 4.79 Å². The number of rotatable bonds is 7. The minimum Gasteiger partial charge on any atom is -0.495 e. The van der Waals surface area contributed by atoms with Gasteiger partial charge >= 0.3 is 5.69 Å². The number of ether oxygens (including phenoxy) is 1. The molecule has 2 aromatic heterocycles. The van der Waals surface area contributed by atoms with E-state index in [1.54, 1.807) is 24.3 Å². The largest absolute Gasteiger partial charge is 0.495 e. The zero-order valence-electron chi connectivity index (χ0n) is 13.3. The van der Waals surface area contributed by atoms with E-state index < -0.39 is 5.69 Å². The summed E-state index contributed by atoms with van der Waals surface area (Å²) in [5.74, 6) is 0.790. The number of aromatic amines is 1. The number of imidazole rings is 1. The number of aliphatic hydroxyl groups excluding tert-OH is 1. The maximum atomic E-state index is 12.5. The number of H-pyrrole nitrogens is 1. The van der Waals surface area contributed by atoms with Gasteiger partial charge in [0.1, 0.15) is 11.3 Å². The highest BCUT2D eigenvalue weighted by atomic mass is 16.5. The lowest BCUT2D eigenvalue weighted by atomic mass is 10.3. The van der Waals surface area contributed by atoms with Crippen molar-refractivity contribution in [1.82, 2.24) is 19.5 Å². The summed E-state index contributed by atoms with van der Waals surface area (Å²) in [6, 6.07) is 6.98. The van der Waals surface area contributed by atoms with Gasteiger partial charge in [0.05, 0.1) is 19.4 Å². The Kier molecular flexibility index (Phi) is 4.61. The summed E-state index contributed by atoms with van der Waals surface area (Å²) < 4.78 is 6.64. The first-order chi connectivity index (χ1) is 12.2. The van der Waals surface area contributed by atoms with Gasteiger partial charge in [0.2, 0.25) is 12.4 Å². The molecule has 0 fully saturated rings. The van der Waals surface area contributed by atoms with Gasteiger partial charge in [-0.3, -0.25) is 4.79 Å². The van der Waals surface area contributed by atoms with Gasteiger partial charge in [0.15, 0.2) is 11.5 Å². The number of amides is 1. The van der Waals surface area contributed by atoms with Gasteiger partial charge in [0.25, 0.3) is 0 Å². The third-order valence-corrected chi connectivity index (χ3v) is 3.45. The molecule has 0 saturated heterocycles. The Balaban J connectivity index is 2.28. The van der Waals surface area contributed by atoms with Crippen molar-refractivity contribution in [2.45, 2.75) is 0 Å². The minimum absolute atomic E-state index is 0.121. The summed E-state index contributed by atoms with van der Waals surface area (Å²) in [7, 11) is 1.50. The molecule has 2 heterocycles. The molecular formula is C15H16N6O4. The van der Waals surface area contributed by atoms with Crippen LogP contribution in [0.1, 0.15) is 0 Å². The molecule has 3 rings (SSSR count). The Hall–Kier alpha value is -3.40. The summed E-state index contributed by atoms with van der Waals surface area (Å²) in [5, 5.41) is 14.2. The lowest BCUT2D eigenvalue weighted by Crippen LogP contribution is -2.16. The number of anilines is 2. The van der Waals surface area contributed by atoms with Gasteiger partial charge in [-0.2, -0.15) is 9.97 Å². The van der Waals surface area contributed by atoms with Crippen LogP contribution < -0.4 is 21.1 Å². The van der Waals surface area contributed by atoms with Crippen molar-refractivity contribution in [2.24, 2.45) is 0 Å². The first-order valence-electron chi connectivity index (χ1n) is 7.40. The summed E-state index contributed by atoms with van der Waals surface area (Å²) in [4.78, 5) is 34.4. The van der Waals surface area contributed by atoms with E-state index >= 15 is 0 Å². The first kappa shape index (κ1) is 16.5. The molecule has 0 atom stereocenters. The Morgan fingerprint density at radius 3 is 2.88 bits per heavy atom. The first-order valence-corrected chi connectivity index (χ1v) is 7.40. The van der Waals surface area contributed by atoms with E-state index in [2.05, 4.69) is 25.6 Å². The molecule has 0 radical (unpaired) electrons. The number of aliphatic hydroxyl groups is 1. The molecular weight excluding hydrogens is 328 g/mol. The highest BCUT2D eigenvalue weighted by molar-refractivity contribution is 5.90. The number of nitrogens with one attached hydrogen (secondary N) is 3. The molecule has 0 aliphatic carbocycles. The minimum atomic E-state index is -0.456. The number of carbonyl (C=O) groups is 1. The molecule has 130 valence electrons. The van der Waals surface area contributed by atoms with Crippen LogP contribution in [-0.4, -0.2) is 51.3 Å². The van der Waals surface area contributed by atoms with Crippen LogP contribution in [0.4, 0.5) is 11.8 Å². The highest BCUT2D eigenvalue weighted by Gasteiger charge is 2.18. The van der Waals surface area contributed by atoms with Crippen molar-refractivity contribution in [3.8, 4) is 11.4 Å². The summed E-state index contributed by atoms with van der Waals surface area (Å²) in [6.45, 7) is 0.0969. The number of methoxy groups -OCH3 is 1. The molecule has 10 nitrogen and oxygen atoms in total. The predicted octanol–water partition coefficient (Wildman–Crippen LogP) is 0.0899. The van der Waals surface area contributed by atoms with Gasteiger partial charge in [-0.1, -0.05) is 12.1 Å². The summed E-state index contributed by atoms with van der Waals surface area (Å²) >= 11 is 0. The van der Waals surface area contributed by atoms with E-state index in [0.717, 1.165) is 0 Å². The molecule has 1 aromatic carbocycles. The van der Waals surface area contributed by atoms with Crippen LogP contribution in [0.2, 0.25) is 0 Å².